The second kappa shape index (κ2) is 8.43. The van der Waals surface area contributed by atoms with E-state index in [1.54, 1.807) is 0 Å². The summed E-state index contributed by atoms with van der Waals surface area (Å²) >= 11 is 0. The lowest BCUT2D eigenvalue weighted by atomic mass is 9.91. The summed E-state index contributed by atoms with van der Waals surface area (Å²) in [6.07, 6.45) is 1.34. The van der Waals surface area contributed by atoms with Gasteiger partial charge in [-0.05, 0) is 43.4 Å². The van der Waals surface area contributed by atoms with Crippen molar-refractivity contribution < 1.29 is 4.74 Å². The van der Waals surface area contributed by atoms with E-state index < -0.39 is 0 Å². The lowest BCUT2D eigenvalue weighted by Crippen LogP contribution is -2.35. The molecule has 1 aromatic carbocycles. The molecule has 0 amide bonds. The van der Waals surface area contributed by atoms with Crippen LogP contribution in [0.1, 0.15) is 51.8 Å². The van der Waals surface area contributed by atoms with Crippen LogP contribution in [-0.4, -0.2) is 19.8 Å². The summed E-state index contributed by atoms with van der Waals surface area (Å²) in [4.78, 5) is 0. The molecule has 2 heteroatoms. The first-order valence-corrected chi connectivity index (χ1v) is 7.87. The first-order valence-electron chi connectivity index (χ1n) is 7.87. The second-order valence-electron chi connectivity index (χ2n) is 6.27. The first-order chi connectivity index (χ1) is 9.49. The molecule has 2 unspecified atom stereocenters. The first kappa shape index (κ1) is 17.2. The fourth-order valence-electron chi connectivity index (χ4n) is 2.77. The van der Waals surface area contributed by atoms with Gasteiger partial charge in [0.2, 0.25) is 0 Å². The van der Waals surface area contributed by atoms with E-state index in [4.69, 9.17) is 4.74 Å². The highest BCUT2D eigenvalue weighted by Gasteiger charge is 2.25. The van der Waals surface area contributed by atoms with Gasteiger partial charge in [-0.15, -0.1) is 0 Å². The molecule has 0 saturated carbocycles. The van der Waals surface area contributed by atoms with Crippen molar-refractivity contribution in [2.75, 3.05) is 13.7 Å². The van der Waals surface area contributed by atoms with Gasteiger partial charge in [0.25, 0.3) is 0 Å². The standard InChI is InChI=1S/C18H31NO/c1-7-20-18(14(4)5)17(19-6)16-10-8-9-15(12-16)11-13(2)3/h8-10,12-14,17-19H,7,11H2,1-6H3. The lowest BCUT2D eigenvalue weighted by molar-refractivity contribution is 0.00459. The summed E-state index contributed by atoms with van der Waals surface area (Å²) in [5.74, 6) is 1.17. The molecule has 2 nitrogen and oxygen atoms in total. The van der Waals surface area contributed by atoms with Gasteiger partial charge in [-0.1, -0.05) is 52.0 Å². The molecule has 0 aliphatic carbocycles. The summed E-state index contributed by atoms with van der Waals surface area (Å²) in [6, 6.07) is 9.18. The quantitative estimate of drug-likeness (QED) is 0.768. The van der Waals surface area contributed by atoms with Crippen molar-refractivity contribution in [3.05, 3.63) is 35.4 Å². The van der Waals surface area contributed by atoms with E-state index in [-0.39, 0.29) is 12.1 Å². The number of rotatable bonds is 8. The van der Waals surface area contributed by atoms with Crippen LogP contribution in [0.2, 0.25) is 0 Å². The third kappa shape index (κ3) is 4.92. The molecule has 0 aromatic heterocycles. The van der Waals surface area contributed by atoms with E-state index in [1.807, 2.05) is 7.05 Å². The third-order valence-electron chi connectivity index (χ3n) is 3.61. The molecule has 0 radical (unpaired) electrons. The largest absolute Gasteiger partial charge is 0.376 e. The Morgan fingerprint density at radius 3 is 2.35 bits per heavy atom. The maximum absolute atomic E-state index is 5.97. The Morgan fingerprint density at radius 1 is 1.15 bits per heavy atom. The van der Waals surface area contributed by atoms with Crippen molar-refractivity contribution in [3.63, 3.8) is 0 Å². The van der Waals surface area contributed by atoms with E-state index in [0.717, 1.165) is 13.0 Å². The molecule has 0 aliphatic rings. The highest BCUT2D eigenvalue weighted by atomic mass is 16.5. The fraction of sp³-hybridized carbons (Fsp3) is 0.667. The van der Waals surface area contributed by atoms with Gasteiger partial charge in [-0.2, -0.15) is 0 Å². The van der Waals surface area contributed by atoms with Crippen LogP contribution < -0.4 is 5.32 Å². The minimum absolute atomic E-state index is 0.208. The van der Waals surface area contributed by atoms with E-state index in [9.17, 15) is 0 Å². The van der Waals surface area contributed by atoms with E-state index >= 15 is 0 Å². The van der Waals surface area contributed by atoms with Gasteiger partial charge in [0.05, 0.1) is 12.1 Å². The number of hydrogen-bond acceptors (Lipinski definition) is 2. The molecule has 0 aliphatic heterocycles. The Balaban J connectivity index is 2.98. The zero-order valence-corrected chi connectivity index (χ0v) is 13.9. The van der Waals surface area contributed by atoms with Crippen molar-refractivity contribution in [1.82, 2.24) is 5.32 Å². The minimum atomic E-state index is 0.208. The van der Waals surface area contributed by atoms with Crippen LogP contribution in [0.25, 0.3) is 0 Å². The Kier molecular flexibility index (Phi) is 7.25. The molecule has 20 heavy (non-hydrogen) atoms. The summed E-state index contributed by atoms with van der Waals surface area (Å²) in [6.45, 7) is 11.8. The molecule has 0 saturated heterocycles. The van der Waals surface area contributed by atoms with Crippen molar-refractivity contribution in [3.8, 4) is 0 Å². The van der Waals surface area contributed by atoms with Gasteiger partial charge in [0.15, 0.2) is 0 Å². The number of ether oxygens (including phenoxy) is 1. The highest BCUT2D eigenvalue weighted by molar-refractivity contribution is 5.27. The van der Waals surface area contributed by atoms with Crippen LogP contribution in [0.4, 0.5) is 0 Å². The van der Waals surface area contributed by atoms with Crippen molar-refractivity contribution >= 4 is 0 Å². The van der Waals surface area contributed by atoms with Crippen LogP contribution >= 0.6 is 0 Å². The predicted molar refractivity (Wildman–Crippen MR) is 87.0 cm³/mol. The Bertz CT molecular complexity index is 387. The molecule has 1 aromatic rings. The summed E-state index contributed by atoms with van der Waals surface area (Å²) in [5.41, 5.74) is 2.74. The van der Waals surface area contributed by atoms with Gasteiger partial charge in [-0.25, -0.2) is 0 Å². The Hall–Kier alpha value is -0.860. The third-order valence-corrected chi connectivity index (χ3v) is 3.61. The average molecular weight is 277 g/mol. The molecule has 1 rings (SSSR count). The Morgan fingerprint density at radius 2 is 1.85 bits per heavy atom. The van der Waals surface area contributed by atoms with Crippen molar-refractivity contribution in [2.45, 2.75) is 53.2 Å². The molecule has 0 bridgehead atoms. The van der Waals surface area contributed by atoms with Gasteiger partial charge in [0.1, 0.15) is 0 Å². The summed E-state index contributed by atoms with van der Waals surface area (Å²) < 4.78 is 5.97. The van der Waals surface area contributed by atoms with Crippen LogP contribution in [-0.2, 0) is 11.2 Å². The predicted octanol–water partition coefficient (Wildman–Crippen LogP) is 4.21. The van der Waals surface area contributed by atoms with Gasteiger partial charge in [-0.3, -0.25) is 0 Å². The number of likely N-dealkylation sites (N-methyl/N-ethyl adjacent to an activating group) is 1. The SMILES string of the molecule is CCOC(C(C)C)C(NC)c1cccc(CC(C)C)c1. The Labute approximate surface area is 124 Å². The highest BCUT2D eigenvalue weighted by Crippen LogP contribution is 2.25. The lowest BCUT2D eigenvalue weighted by Gasteiger charge is -2.30. The topological polar surface area (TPSA) is 21.3 Å². The van der Waals surface area contributed by atoms with E-state index in [2.05, 4.69) is 64.2 Å². The van der Waals surface area contributed by atoms with Crippen LogP contribution in [0.15, 0.2) is 24.3 Å². The molecular formula is C18H31NO. The minimum Gasteiger partial charge on any atom is -0.376 e. The van der Waals surface area contributed by atoms with Crippen molar-refractivity contribution in [2.24, 2.45) is 11.8 Å². The second-order valence-corrected chi connectivity index (χ2v) is 6.27. The van der Waals surface area contributed by atoms with Gasteiger partial charge < -0.3 is 10.1 Å². The van der Waals surface area contributed by atoms with E-state index in [1.165, 1.54) is 11.1 Å². The van der Waals surface area contributed by atoms with Gasteiger partial charge >= 0.3 is 0 Å². The molecule has 0 fully saturated rings. The number of hydrogen-bond donors (Lipinski definition) is 1. The van der Waals surface area contributed by atoms with Crippen molar-refractivity contribution in [1.29, 1.82) is 0 Å². The molecule has 114 valence electrons. The monoisotopic (exact) mass is 277 g/mol. The number of benzene rings is 1. The summed E-state index contributed by atoms with van der Waals surface area (Å²) in [5, 5.41) is 3.44. The summed E-state index contributed by atoms with van der Waals surface area (Å²) in [7, 11) is 2.02. The molecule has 0 spiro atoms. The smallest absolute Gasteiger partial charge is 0.0792 e. The fourth-order valence-corrected chi connectivity index (χ4v) is 2.77. The van der Waals surface area contributed by atoms with Crippen LogP contribution in [0.5, 0.6) is 0 Å². The molecular weight excluding hydrogens is 246 g/mol. The maximum Gasteiger partial charge on any atom is 0.0792 e. The van der Waals surface area contributed by atoms with Crippen LogP contribution in [0.3, 0.4) is 0 Å². The molecule has 2 atom stereocenters. The maximum atomic E-state index is 5.97. The zero-order chi connectivity index (χ0) is 15.1. The van der Waals surface area contributed by atoms with E-state index in [0.29, 0.717) is 11.8 Å². The normalized spacial score (nSPS) is 14.8. The molecule has 0 heterocycles. The number of nitrogens with one attached hydrogen (secondary N) is 1. The zero-order valence-electron chi connectivity index (χ0n) is 13.9. The van der Waals surface area contributed by atoms with Crippen LogP contribution in [0, 0.1) is 11.8 Å². The molecule has 1 N–H and O–H groups in total. The van der Waals surface area contributed by atoms with Gasteiger partial charge in [0, 0.05) is 6.61 Å². The average Bonchev–Trinajstić information content (AvgIpc) is 2.38.